The van der Waals surface area contributed by atoms with Crippen molar-refractivity contribution in [1.82, 2.24) is 14.8 Å². The van der Waals surface area contributed by atoms with Gasteiger partial charge in [0.2, 0.25) is 0 Å². The van der Waals surface area contributed by atoms with Crippen LogP contribution in [0.25, 0.3) is 0 Å². The third-order valence-electron chi connectivity index (χ3n) is 3.73. The van der Waals surface area contributed by atoms with Gasteiger partial charge in [-0.3, -0.25) is 4.79 Å². The van der Waals surface area contributed by atoms with Gasteiger partial charge in [-0.1, -0.05) is 32.0 Å². The van der Waals surface area contributed by atoms with Crippen molar-refractivity contribution in [2.24, 2.45) is 5.92 Å². The standard InChI is InChI=1S/C16H20N4O/c1-11(2)9-20-16(17-10-18-20)8-15(21)14-7-12-5-3-4-6-13(12)19-14/h3-6,10-11,14,19H,7-9H2,1-2H3. The molecule has 1 unspecified atom stereocenters. The minimum Gasteiger partial charge on any atom is -0.375 e. The lowest BCUT2D eigenvalue weighted by Crippen LogP contribution is -2.29. The van der Waals surface area contributed by atoms with Crippen LogP contribution in [-0.4, -0.2) is 26.6 Å². The molecule has 5 heteroatoms. The molecule has 0 saturated carbocycles. The number of para-hydroxylation sites is 1. The number of hydrogen-bond donors (Lipinski definition) is 1. The Bertz CT molecular complexity index is 622. The predicted octanol–water partition coefficient (Wildman–Crippen LogP) is 2.08. The Morgan fingerprint density at radius 3 is 3.00 bits per heavy atom. The molecular formula is C16H20N4O. The van der Waals surface area contributed by atoms with E-state index in [1.54, 1.807) is 0 Å². The smallest absolute Gasteiger partial charge is 0.162 e. The molecule has 0 saturated heterocycles. The van der Waals surface area contributed by atoms with Crippen molar-refractivity contribution in [3.63, 3.8) is 0 Å². The van der Waals surface area contributed by atoms with Gasteiger partial charge in [0.25, 0.3) is 0 Å². The second-order valence-electron chi connectivity index (χ2n) is 5.95. The van der Waals surface area contributed by atoms with Gasteiger partial charge < -0.3 is 5.32 Å². The molecule has 1 aromatic heterocycles. The average molecular weight is 284 g/mol. The van der Waals surface area contributed by atoms with Gasteiger partial charge in [-0.15, -0.1) is 0 Å². The van der Waals surface area contributed by atoms with Crippen molar-refractivity contribution < 1.29 is 4.79 Å². The molecule has 2 heterocycles. The maximum atomic E-state index is 12.5. The zero-order chi connectivity index (χ0) is 14.8. The van der Waals surface area contributed by atoms with Crippen LogP contribution in [0, 0.1) is 5.92 Å². The number of nitrogens with zero attached hydrogens (tertiary/aromatic N) is 3. The first-order valence-electron chi connectivity index (χ1n) is 7.37. The number of nitrogens with one attached hydrogen (secondary N) is 1. The van der Waals surface area contributed by atoms with E-state index in [1.807, 2.05) is 22.9 Å². The largest absolute Gasteiger partial charge is 0.375 e. The topological polar surface area (TPSA) is 59.8 Å². The number of Topliss-reactive ketones (excluding diaryl/α,β-unsaturated/α-hetero) is 1. The summed E-state index contributed by atoms with van der Waals surface area (Å²) >= 11 is 0. The van der Waals surface area contributed by atoms with Crippen LogP contribution >= 0.6 is 0 Å². The van der Waals surface area contributed by atoms with E-state index < -0.39 is 0 Å². The number of benzene rings is 1. The molecular weight excluding hydrogens is 264 g/mol. The molecule has 1 aromatic carbocycles. The van der Waals surface area contributed by atoms with Gasteiger partial charge in [-0.25, -0.2) is 9.67 Å². The summed E-state index contributed by atoms with van der Waals surface area (Å²) in [4.78, 5) is 16.7. The van der Waals surface area contributed by atoms with E-state index in [4.69, 9.17) is 0 Å². The summed E-state index contributed by atoms with van der Waals surface area (Å²) < 4.78 is 1.84. The third kappa shape index (κ3) is 2.96. The molecule has 0 aliphatic carbocycles. The lowest BCUT2D eigenvalue weighted by molar-refractivity contribution is -0.119. The number of aromatic nitrogens is 3. The minimum atomic E-state index is -0.147. The summed E-state index contributed by atoms with van der Waals surface area (Å²) in [7, 11) is 0. The fraction of sp³-hybridized carbons (Fsp3) is 0.438. The van der Waals surface area contributed by atoms with Crippen LogP contribution in [0.3, 0.4) is 0 Å². The molecule has 0 fully saturated rings. The summed E-state index contributed by atoms with van der Waals surface area (Å²) in [5.74, 6) is 1.41. The van der Waals surface area contributed by atoms with E-state index in [-0.39, 0.29) is 11.8 Å². The molecule has 21 heavy (non-hydrogen) atoms. The number of fused-ring (bicyclic) bond motifs is 1. The van der Waals surface area contributed by atoms with Gasteiger partial charge in [0.15, 0.2) is 5.78 Å². The zero-order valence-corrected chi connectivity index (χ0v) is 12.4. The van der Waals surface area contributed by atoms with E-state index in [0.717, 1.165) is 24.5 Å². The second kappa shape index (κ2) is 5.68. The molecule has 0 amide bonds. The van der Waals surface area contributed by atoms with Crippen LogP contribution in [0.1, 0.15) is 25.2 Å². The van der Waals surface area contributed by atoms with E-state index in [0.29, 0.717) is 12.3 Å². The Morgan fingerprint density at radius 1 is 1.43 bits per heavy atom. The predicted molar refractivity (Wildman–Crippen MR) is 81.1 cm³/mol. The van der Waals surface area contributed by atoms with Crippen molar-refractivity contribution in [3.8, 4) is 0 Å². The highest BCUT2D eigenvalue weighted by molar-refractivity contribution is 5.90. The number of anilines is 1. The van der Waals surface area contributed by atoms with Crippen LogP contribution in [-0.2, 0) is 24.2 Å². The quantitative estimate of drug-likeness (QED) is 0.913. The number of hydrogen-bond acceptors (Lipinski definition) is 4. The van der Waals surface area contributed by atoms with Crippen molar-refractivity contribution in [2.75, 3.05) is 5.32 Å². The van der Waals surface area contributed by atoms with Gasteiger partial charge in [0.1, 0.15) is 12.2 Å². The van der Waals surface area contributed by atoms with Crippen molar-refractivity contribution in [2.45, 2.75) is 39.3 Å². The van der Waals surface area contributed by atoms with Crippen LogP contribution < -0.4 is 5.32 Å². The first-order chi connectivity index (χ1) is 10.1. The van der Waals surface area contributed by atoms with Crippen LogP contribution in [0.4, 0.5) is 5.69 Å². The highest BCUT2D eigenvalue weighted by Gasteiger charge is 2.27. The summed E-state index contributed by atoms with van der Waals surface area (Å²) in [6.45, 7) is 5.05. The molecule has 5 nitrogen and oxygen atoms in total. The normalized spacial score (nSPS) is 16.8. The van der Waals surface area contributed by atoms with Crippen molar-refractivity contribution in [1.29, 1.82) is 0 Å². The minimum absolute atomic E-state index is 0.147. The summed E-state index contributed by atoms with van der Waals surface area (Å²) in [5, 5.41) is 7.51. The number of rotatable bonds is 5. The van der Waals surface area contributed by atoms with Crippen molar-refractivity contribution in [3.05, 3.63) is 42.0 Å². The fourth-order valence-electron chi connectivity index (χ4n) is 2.69. The molecule has 0 radical (unpaired) electrons. The summed E-state index contributed by atoms with van der Waals surface area (Å²) in [6.07, 6.45) is 2.62. The summed E-state index contributed by atoms with van der Waals surface area (Å²) in [6, 6.07) is 7.93. The highest BCUT2D eigenvalue weighted by Crippen LogP contribution is 2.25. The molecule has 110 valence electrons. The van der Waals surface area contributed by atoms with Crippen LogP contribution in [0.2, 0.25) is 0 Å². The van der Waals surface area contributed by atoms with E-state index in [1.165, 1.54) is 11.9 Å². The van der Waals surface area contributed by atoms with Gasteiger partial charge in [0, 0.05) is 18.7 Å². The Kier molecular flexibility index (Phi) is 3.73. The molecule has 1 atom stereocenters. The molecule has 1 aliphatic heterocycles. The number of carbonyl (C=O) groups is 1. The maximum absolute atomic E-state index is 12.5. The van der Waals surface area contributed by atoms with E-state index in [2.05, 4.69) is 35.3 Å². The van der Waals surface area contributed by atoms with Gasteiger partial charge in [0.05, 0.1) is 12.5 Å². The Labute approximate surface area is 124 Å². The first kappa shape index (κ1) is 13.8. The van der Waals surface area contributed by atoms with Crippen molar-refractivity contribution >= 4 is 11.5 Å². The lowest BCUT2D eigenvalue weighted by Gasteiger charge is -2.11. The maximum Gasteiger partial charge on any atom is 0.162 e. The molecule has 0 spiro atoms. The lowest BCUT2D eigenvalue weighted by atomic mass is 10.0. The SMILES string of the molecule is CC(C)Cn1ncnc1CC(=O)C1Cc2ccccc2N1. The number of ketones is 1. The molecule has 3 rings (SSSR count). The van der Waals surface area contributed by atoms with Crippen LogP contribution in [0.15, 0.2) is 30.6 Å². The summed E-state index contributed by atoms with van der Waals surface area (Å²) in [5.41, 5.74) is 2.28. The average Bonchev–Trinajstić information content (AvgIpc) is 3.05. The third-order valence-corrected chi connectivity index (χ3v) is 3.73. The monoisotopic (exact) mass is 284 g/mol. The van der Waals surface area contributed by atoms with Gasteiger partial charge >= 0.3 is 0 Å². The molecule has 1 N–H and O–H groups in total. The Hall–Kier alpha value is -2.17. The molecule has 1 aliphatic rings. The number of carbonyl (C=O) groups excluding carboxylic acids is 1. The second-order valence-corrected chi connectivity index (χ2v) is 5.95. The Morgan fingerprint density at radius 2 is 2.24 bits per heavy atom. The van der Waals surface area contributed by atoms with E-state index in [9.17, 15) is 4.79 Å². The van der Waals surface area contributed by atoms with Gasteiger partial charge in [-0.2, -0.15) is 5.10 Å². The Balaban J connectivity index is 1.67. The molecule has 0 bridgehead atoms. The zero-order valence-electron chi connectivity index (χ0n) is 12.4. The van der Waals surface area contributed by atoms with E-state index >= 15 is 0 Å². The first-order valence-corrected chi connectivity index (χ1v) is 7.37. The fourth-order valence-corrected chi connectivity index (χ4v) is 2.69. The van der Waals surface area contributed by atoms with Crippen LogP contribution in [0.5, 0.6) is 0 Å². The molecule has 2 aromatic rings. The van der Waals surface area contributed by atoms with Gasteiger partial charge in [-0.05, 0) is 17.5 Å². The highest BCUT2D eigenvalue weighted by atomic mass is 16.1.